The normalized spacial score (nSPS) is 13.3. The van der Waals surface area contributed by atoms with Crippen LogP contribution in [-0.4, -0.2) is 20.8 Å². The van der Waals surface area contributed by atoms with Crippen LogP contribution in [0.1, 0.15) is 24.5 Å². The molecule has 0 spiro atoms. The van der Waals surface area contributed by atoms with Crippen LogP contribution in [0.5, 0.6) is 0 Å². The fraction of sp³-hybridized carbons (Fsp3) is 0.278. The second-order valence-electron chi connectivity index (χ2n) is 5.56. The van der Waals surface area contributed by atoms with Crippen molar-refractivity contribution in [2.24, 2.45) is 0 Å². The third kappa shape index (κ3) is 4.19. The number of hydrogen-bond acceptors (Lipinski definition) is 4. The molecule has 0 aromatic heterocycles. The third-order valence-electron chi connectivity index (χ3n) is 3.66. The average molecular weight is 329 g/mol. The second-order valence-corrected chi connectivity index (χ2v) is 7.16. The standard InChI is InChI=1S/C18H19NO3S/c1-15(22-23(2,20)21)13-18(14-19,16-9-5-3-6-10-16)17-11-7-4-8-12-17/h3-12,15H,13H2,1-2H3/t15-/m1/s1. The first kappa shape index (κ1) is 17.2. The summed E-state index contributed by atoms with van der Waals surface area (Å²) in [5, 5.41) is 9.98. The molecular weight excluding hydrogens is 310 g/mol. The molecule has 0 N–H and O–H groups in total. The first-order chi connectivity index (χ1) is 10.9. The van der Waals surface area contributed by atoms with E-state index in [1.54, 1.807) is 6.92 Å². The van der Waals surface area contributed by atoms with E-state index in [2.05, 4.69) is 6.07 Å². The van der Waals surface area contributed by atoms with Crippen LogP contribution in [0.25, 0.3) is 0 Å². The highest BCUT2D eigenvalue weighted by Gasteiger charge is 2.37. The SMILES string of the molecule is C[C@H](CC(C#N)(c1ccccc1)c1ccccc1)OS(C)(=O)=O. The fourth-order valence-electron chi connectivity index (χ4n) is 2.79. The van der Waals surface area contributed by atoms with Crippen molar-refractivity contribution < 1.29 is 12.6 Å². The summed E-state index contributed by atoms with van der Waals surface area (Å²) in [4.78, 5) is 0. The van der Waals surface area contributed by atoms with Crippen LogP contribution < -0.4 is 0 Å². The van der Waals surface area contributed by atoms with Gasteiger partial charge in [0.15, 0.2) is 0 Å². The Morgan fingerprint density at radius 3 is 1.83 bits per heavy atom. The van der Waals surface area contributed by atoms with Crippen LogP contribution in [0, 0.1) is 11.3 Å². The Bertz CT molecular complexity index is 741. The lowest BCUT2D eigenvalue weighted by atomic mass is 9.72. The van der Waals surface area contributed by atoms with E-state index < -0.39 is 21.6 Å². The van der Waals surface area contributed by atoms with E-state index in [9.17, 15) is 13.7 Å². The Labute approximate surface area is 137 Å². The Balaban J connectivity index is 2.50. The molecule has 0 unspecified atom stereocenters. The van der Waals surface area contributed by atoms with E-state index in [-0.39, 0.29) is 6.42 Å². The predicted octanol–water partition coefficient (Wildman–Crippen LogP) is 3.25. The number of nitrogens with zero attached hydrogens (tertiary/aromatic N) is 1. The van der Waals surface area contributed by atoms with Crippen LogP contribution in [-0.2, 0) is 19.7 Å². The van der Waals surface area contributed by atoms with Crippen molar-refractivity contribution in [3.8, 4) is 6.07 Å². The summed E-state index contributed by atoms with van der Waals surface area (Å²) in [6.07, 6.45) is 0.637. The summed E-state index contributed by atoms with van der Waals surface area (Å²) in [6.45, 7) is 1.67. The van der Waals surface area contributed by atoms with Gasteiger partial charge in [0, 0.05) is 6.42 Å². The van der Waals surface area contributed by atoms with E-state index in [4.69, 9.17) is 4.18 Å². The quantitative estimate of drug-likeness (QED) is 0.763. The average Bonchev–Trinajstić information content (AvgIpc) is 2.52. The summed E-state index contributed by atoms with van der Waals surface area (Å²) >= 11 is 0. The molecule has 0 aliphatic rings. The van der Waals surface area contributed by atoms with Gasteiger partial charge in [-0.2, -0.15) is 13.7 Å². The van der Waals surface area contributed by atoms with Gasteiger partial charge in [-0.1, -0.05) is 60.7 Å². The van der Waals surface area contributed by atoms with Crippen molar-refractivity contribution in [3.63, 3.8) is 0 Å². The summed E-state index contributed by atoms with van der Waals surface area (Å²) < 4.78 is 27.8. The number of hydrogen-bond donors (Lipinski definition) is 0. The summed E-state index contributed by atoms with van der Waals surface area (Å²) in [7, 11) is -3.58. The van der Waals surface area contributed by atoms with Gasteiger partial charge < -0.3 is 0 Å². The van der Waals surface area contributed by atoms with Gasteiger partial charge in [0.25, 0.3) is 10.1 Å². The van der Waals surface area contributed by atoms with Crippen LogP contribution in [0.3, 0.4) is 0 Å². The monoisotopic (exact) mass is 329 g/mol. The van der Waals surface area contributed by atoms with E-state index >= 15 is 0 Å². The number of benzene rings is 2. The molecule has 2 aromatic carbocycles. The molecule has 120 valence electrons. The minimum atomic E-state index is -3.58. The first-order valence-electron chi connectivity index (χ1n) is 7.28. The lowest BCUT2D eigenvalue weighted by Crippen LogP contribution is -2.32. The van der Waals surface area contributed by atoms with Crippen LogP contribution in [0.15, 0.2) is 60.7 Å². The van der Waals surface area contributed by atoms with Gasteiger partial charge in [0.1, 0.15) is 5.41 Å². The van der Waals surface area contributed by atoms with Crippen molar-refractivity contribution in [2.45, 2.75) is 24.9 Å². The summed E-state index contributed by atoms with van der Waals surface area (Å²) in [6, 6.07) is 21.1. The predicted molar refractivity (Wildman–Crippen MR) is 89.3 cm³/mol. The molecular formula is C18H19NO3S. The highest BCUT2D eigenvalue weighted by Crippen LogP contribution is 2.37. The maximum Gasteiger partial charge on any atom is 0.264 e. The highest BCUT2D eigenvalue weighted by molar-refractivity contribution is 7.86. The number of rotatable bonds is 6. The van der Waals surface area contributed by atoms with E-state index in [0.29, 0.717) is 0 Å². The Morgan fingerprint density at radius 1 is 1.04 bits per heavy atom. The van der Waals surface area contributed by atoms with Crippen LogP contribution >= 0.6 is 0 Å². The smallest absolute Gasteiger partial charge is 0.264 e. The van der Waals surface area contributed by atoms with Crippen molar-refractivity contribution in [2.75, 3.05) is 6.26 Å². The number of nitriles is 1. The zero-order valence-corrected chi connectivity index (χ0v) is 14.0. The van der Waals surface area contributed by atoms with Gasteiger partial charge >= 0.3 is 0 Å². The second kappa shape index (κ2) is 6.95. The molecule has 23 heavy (non-hydrogen) atoms. The van der Waals surface area contributed by atoms with Gasteiger partial charge in [0.05, 0.1) is 18.4 Å². The molecule has 2 aromatic rings. The molecule has 0 aliphatic heterocycles. The van der Waals surface area contributed by atoms with Gasteiger partial charge in [0.2, 0.25) is 0 Å². The van der Waals surface area contributed by atoms with Gasteiger partial charge in [-0.3, -0.25) is 4.18 Å². The Morgan fingerprint density at radius 2 is 1.48 bits per heavy atom. The Hall–Kier alpha value is -2.16. The Kier molecular flexibility index (Phi) is 5.19. The van der Waals surface area contributed by atoms with Crippen molar-refractivity contribution in [1.29, 1.82) is 5.26 Å². The largest absolute Gasteiger partial charge is 0.267 e. The first-order valence-corrected chi connectivity index (χ1v) is 9.09. The maximum atomic E-state index is 11.4. The minimum Gasteiger partial charge on any atom is -0.267 e. The molecule has 0 amide bonds. The van der Waals surface area contributed by atoms with Gasteiger partial charge in [-0.15, -0.1) is 0 Å². The summed E-state index contributed by atoms with van der Waals surface area (Å²) in [5.41, 5.74) is 0.669. The molecule has 0 aliphatic carbocycles. The van der Waals surface area contributed by atoms with Crippen molar-refractivity contribution in [1.82, 2.24) is 0 Å². The van der Waals surface area contributed by atoms with Gasteiger partial charge in [-0.25, -0.2) is 0 Å². The molecule has 0 fully saturated rings. The van der Waals surface area contributed by atoms with E-state index in [0.717, 1.165) is 17.4 Å². The summed E-state index contributed by atoms with van der Waals surface area (Å²) in [5.74, 6) is 0. The molecule has 2 rings (SSSR count). The maximum absolute atomic E-state index is 11.4. The van der Waals surface area contributed by atoms with E-state index in [1.807, 2.05) is 60.7 Å². The molecule has 5 heteroatoms. The fourth-order valence-corrected chi connectivity index (χ4v) is 3.45. The minimum absolute atomic E-state index is 0.241. The van der Waals surface area contributed by atoms with Gasteiger partial charge in [-0.05, 0) is 18.1 Å². The third-order valence-corrected chi connectivity index (χ3v) is 4.33. The highest BCUT2D eigenvalue weighted by atomic mass is 32.2. The molecule has 4 nitrogen and oxygen atoms in total. The topological polar surface area (TPSA) is 67.2 Å². The molecule has 0 radical (unpaired) electrons. The van der Waals surface area contributed by atoms with E-state index in [1.165, 1.54) is 0 Å². The zero-order chi connectivity index (χ0) is 16.9. The molecule has 0 saturated carbocycles. The molecule has 0 saturated heterocycles. The van der Waals surface area contributed by atoms with Crippen LogP contribution in [0.2, 0.25) is 0 Å². The lowest BCUT2D eigenvalue weighted by Gasteiger charge is -2.30. The zero-order valence-electron chi connectivity index (χ0n) is 13.1. The van der Waals surface area contributed by atoms with Crippen molar-refractivity contribution >= 4 is 10.1 Å². The van der Waals surface area contributed by atoms with Crippen LogP contribution in [0.4, 0.5) is 0 Å². The lowest BCUT2D eigenvalue weighted by molar-refractivity contribution is 0.203. The van der Waals surface area contributed by atoms with Crippen molar-refractivity contribution in [3.05, 3.63) is 71.8 Å². The molecule has 0 heterocycles. The molecule has 1 atom stereocenters. The molecule has 0 bridgehead atoms.